The standard InChI is InChI=1S/C9H20ClNO3S/c1-8(2)14-6-5-11(4)15(12,13)9(3)7-10/h8-9H,5-7H2,1-4H3. The predicted molar refractivity (Wildman–Crippen MR) is 62.8 cm³/mol. The number of hydrogen-bond acceptors (Lipinski definition) is 3. The maximum absolute atomic E-state index is 11.7. The maximum Gasteiger partial charge on any atom is 0.217 e. The molecular weight excluding hydrogens is 238 g/mol. The number of sulfonamides is 1. The van der Waals surface area contributed by atoms with E-state index < -0.39 is 15.3 Å². The van der Waals surface area contributed by atoms with E-state index in [2.05, 4.69) is 0 Å². The highest BCUT2D eigenvalue weighted by molar-refractivity contribution is 7.89. The van der Waals surface area contributed by atoms with E-state index in [1.54, 1.807) is 14.0 Å². The second-order valence-electron chi connectivity index (χ2n) is 3.75. The molecule has 0 fully saturated rings. The first-order chi connectivity index (χ1) is 6.82. The van der Waals surface area contributed by atoms with Gasteiger partial charge in [0.25, 0.3) is 0 Å². The third-order valence-electron chi connectivity index (χ3n) is 2.02. The summed E-state index contributed by atoms with van der Waals surface area (Å²) in [5.74, 6) is 0.109. The minimum absolute atomic E-state index is 0.109. The van der Waals surface area contributed by atoms with Gasteiger partial charge < -0.3 is 4.74 Å². The van der Waals surface area contributed by atoms with Crippen LogP contribution in [0.4, 0.5) is 0 Å². The summed E-state index contributed by atoms with van der Waals surface area (Å²) in [7, 11) is -1.72. The summed E-state index contributed by atoms with van der Waals surface area (Å²) in [6.07, 6.45) is 0.117. The van der Waals surface area contributed by atoms with Crippen molar-refractivity contribution < 1.29 is 13.2 Å². The van der Waals surface area contributed by atoms with Crippen molar-refractivity contribution in [2.24, 2.45) is 0 Å². The molecule has 0 amide bonds. The van der Waals surface area contributed by atoms with Crippen LogP contribution >= 0.6 is 11.6 Å². The van der Waals surface area contributed by atoms with Gasteiger partial charge in [0, 0.05) is 19.5 Å². The zero-order valence-electron chi connectivity index (χ0n) is 9.73. The molecule has 0 saturated carbocycles. The first kappa shape index (κ1) is 15.2. The maximum atomic E-state index is 11.7. The van der Waals surface area contributed by atoms with Crippen LogP contribution in [0.1, 0.15) is 20.8 Å². The monoisotopic (exact) mass is 257 g/mol. The van der Waals surface area contributed by atoms with Gasteiger partial charge in [-0.15, -0.1) is 11.6 Å². The van der Waals surface area contributed by atoms with Crippen molar-refractivity contribution in [3.05, 3.63) is 0 Å². The lowest BCUT2D eigenvalue weighted by Crippen LogP contribution is -2.37. The van der Waals surface area contributed by atoms with Crippen molar-refractivity contribution in [3.8, 4) is 0 Å². The number of alkyl halides is 1. The van der Waals surface area contributed by atoms with Crippen LogP contribution in [0.25, 0.3) is 0 Å². The molecule has 0 radical (unpaired) electrons. The summed E-state index contributed by atoms with van der Waals surface area (Å²) in [5, 5.41) is -0.553. The smallest absolute Gasteiger partial charge is 0.217 e. The Morgan fingerprint density at radius 1 is 1.33 bits per heavy atom. The van der Waals surface area contributed by atoms with Gasteiger partial charge in [-0.2, -0.15) is 0 Å². The number of rotatable bonds is 7. The Hall–Kier alpha value is 0.160. The Bertz CT molecular complexity index is 267. The highest BCUT2D eigenvalue weighted by atomic mass is 35.5. The van der Waals surface area contributed by atoms with Gasteiger partial charge in [0.2, 0.25) is 10.0 Å². The Morgan fingerprint density at radius 2 is 1.87 bits per heavy atom. The van der Waals surface area contributed by atoms with Gasteiger partial charge in [0.15, 0.2) is 0 Å². The Morgan fingerprint density at radius 3 is 2.27 bits per heavy atom. The van der Waals surface area contributed by atoms with Crippen molar-refractivity contribution in [1.82, 2.24) is 4.31 Å². The Balaban J connectivity index is 4.15. The zero-order valence-corrected chi connectivity index (χ0v) is 11.3. The number of likely N-dealkylation sites (N-methyl/N-ethyl adjacent to an activating group) is 1. The van der Waals surface area contributed by atoms with Crippen LogP contribution in [0.3, 0.4) is 0 Å². The fourth-order valence-electron chi connectivity index (χ4n) is 0.931. The number of hydrogen-bond donors (Lipinski definition) is 0. The molecule has 0 aromatic carbocycles. The molecule has 0 heterocycles. The van der Waals surface area contributed by atoms with Gasteiger partial charge >= 0.3 is 0 Å². The lowest BCUT2D eigenvalue weighted by molar-refractivity contribution is 0.0736. The topological polar surface area (TPSA) is 46.6 Å². The lowest BCUT2D eigenvalue weighted by atomic mass is 10.5. The molecular formula is C9H20ClNO3S. The molecule has 0 aromatic rings. The minimum atomic E-state index is -3.27. The third-order valence-corrected chi connectivity index (χ3v) is 4.90. The number of nitrogens with zero attached hydrogens (tertiary/aromatic N) is 1. The van der Waals surface area contributed by atoms with Crippen LogP contribution in [0.15, 0.2) is 0 Å². The van der Waals surface area contributed by atoms with Gasteiger partial charge in [-0.1, -0.05) is 0 Å². The molecule has 0 bridgehead atoms. The van der Waals surface area contributed by atoms with Gasteiger partial charge in [0.05, 0.1) is 18.0 Å². The van der Waals surface area contributed by atoms with Crippen molar-refractivity contribution >= 4 is 21.6 Å². The molecule has 0 N–H and O–H groups in total. The van der Waals surface area contributed by atoms with E-state index >= 15 is 0 Å². The lowest BCUT2D eigenvalue weighted by Gasteiger charge is -2.21. The van der Waals surface area contributed by atoms with Crippen LogP contribution in [-0.2, 0) is 14.8 Å². The van der Waals surface area contributed by atoms with E-state index in [1.165, 1.54) is 4.31 Å². The molecule has 15 heavy (non-hydrogen) atoms. The van der Waals surface area contributed by atoms with E-state index in [0.717, 1.165) is 0 Å². The second-order valence-corrected chi connectivity index (χ2v) is 6.52. The van der Waals surface area contributed by atoms with Crippen molar-refractivity contribution in [2.75, 3.05) is 26.1 Å². The van der Waals surface area contributed by atoms with Crippen LogP contribution < -0.4 is 0 Å². The quantitative estimate of drug-likeness (QED) is 0.646. The molecule has 1 unspecified atom stereocenters. The molecule has 0 saturated heterocycles. The summed E-state index contributed by atoms with van der Waals surface area (Å²) in [6.45, 7) is 6.19. The SMILES string of the molecule is CC(C)OCCN(C)S(=O)(=O)C(C)CCl. The van der Waals surface area contributed by atoms with Gasteiger partial charge in [-0.25, -0.2) is 12.7 Å². The summed E-state index contributed by atoms with van der Waals surface area (Å²) in [5.41, 5.74) is 0. The van der Waals surface area contributed by atoms with Gasteiger partial charge in [-0.05, 0) is 20.8 Å². The van der Waals surface area contributed by atoms with Crippen molar-refractivity contribution in [3.63, 3.8) is 0 Å². The molecule has 0 aliphatic heterocycles. The average Bonchev–Trinajstić information content (AvgIpc) is 2.15. The second kappa shape index (κ2) is 6.68. The van der Waals surface area contributed by atoms with E-state index in [1.807, 2.05) is 13.8 Å². The molecule has 0 spiro atoms. The summed E-state index contributed by atoms with van der Waals surface area (Å²) < 4.78 is 30.0. The molecule has 0 aliphatic carbocycles. The van der Waals surface area contributed by atoms with Crippen LogP contribution in [0.5, 0.6) is 0 Å². The van der Waals surface area contributed by atoms with Gasteiger partial charge in [0.1, 0.15) is 0 Å². The highest BCUT2D eigenvalue weighted by Crippen LogP contribution is 2.08. The van der Waals surface area contributed by atoms with Gasteiger partial charge in [-0.3, -0.25) is 0 Å². The van der Waals surface area contributed by atoms with E-state index in [0.29, 0.717) is 13.2 Å². The summed E-state index contributed by atoms with van der Waals surface area (Å²) in [6, 6.07) is 0. The molecule has 0 aromatic heterocycles. The van der Waals surface area contributed by atoms with E-state index in [-0.39, 0.29) is 12.0 Å². The van der Waals surface area contributed by atoms with Crippen LogP contribution in [0, 0.1) is 0 Å². The zero-order chi connectivity index (χ0) is 12.1. The average molecular weight is 258 g/mol. The van der Waals surface area contributed by atoms with E-state index in [4.69, 9.17) is 16.3 Å². The predicted octanol–water partition coefficient (Wildman–Crippen LogP) is 1.30. The molecule has 0 rings (SSSR count). The normalized spacial score (nSPS) is 14.9. The number of halogens is 1. The Labute approximate surface area is 97.6 Å². The van der Waals surface area contributed by atoms with Crippen molar-refractivity contribution in [2.45, 2.75) is 32.1 Å². The highest BCUT2D eigenvalue weighted by Gasteiger charge is 2.24. The van der Waals surface area contributed by atoms with Crippen LogP contribution in [-0.4, -0.2) is 50.2 Å². The van der Waals surface area contributed by atoms with Crippen LogP contribution in [0.2, 0.25) is 0 Å². The summed E-state index contributed by atoms with van der Waals surface area (Å²) >= 11 is 5.53. The van der Waals surface area contributed by atoms with E-state index in [9.17, 15) is 8.42 Å². The fraction of sp³-hybridized carbons (Fsp3) is 1.00. The molecule has 92 valence electrons. The largest absolute Gasteiger partial charge is 0.377 e. The first-order valence-corrected chi connectivity index (χ1v) is 6.98. The first-order valence-electron chi connectivity index (χ1n) is 4.95. The minimum Gasteiger partial charge on any atom is -0.377 e. The number of ether oxygens (including phenoxy) is 1. The molecule has 6 heteroatoms. The fourth-order valence-corrected chi connectivity index (χ4v) is 2.51. The van der Waals surface area contributed by atoms with Crippen molar-refractivity contribution in [1.29, 1.82) is 0 Å². The molecule has 0 aliphatic rings. The third kappa shape index (κ3) is 5.15. The Kier molecular flexibility index (Phi) is 6.75. The molecule has 1 atom stereocenters. The molecule has 4 nitrogen and oxygen atoms in total. The summed E-state index contributed by atoms with van der Waals surface area (Å²) in [4.78, 5) is 0.